The molecule has 0 radical (unpaired) electrons. The van der Waals surface area contributed by atoms with Gasteiger partial charge >= 0.3 is 0 Å². The standard InChI is InChI=1S/C16H22N4O3/c1-12(2)20-9-14(17-18-20)16(22)6-7-19(11-16)15(21)4-3-13-5-8-23-10-13/h5,8-10,12,22H,3-4,6-7,11H2,1-2H3/t16-/m0/s1. The molecule has 1 atom stereocenters. The molecule has 0 aliphatic carbocycles. The highest BCUT2D eigenvalue weighted by Crippen LogP contribution is 2.31. The largest absolute Gasteiger partial charge is 0.472 e. The van der Waals surface area contributed by atoms with Crippen molar-refractivity contribution in [3.63, 3.8) is 0 Å². The molecule has 1 aliphatic heterocycles. The normalized spacial score (nSPS) is 21.3. The van der Waals surface area contributed by atoms with E-state index in [1.54, 1.807) is 28.3 Å². The van der Waals surface area contributed by atoms with Crippen LogP contribution in [0, 0.1) is 0 Å². The number of β-amino-alcohol motifs (C(OH)–C–C–N with tert-alkyl or cyclic N) is 1. The molecule has 1 N–H and O–H groups in total. The van der Waals surface area contributed by atoms with E-state index in [1.165, 1.54) is 0 Å². The zero-order chi connectivity index (χ0) is 16.4. The average molecular weight is 318 g/mol. The summed E-state index contributed by atoms with van der Waals surface area (Å²) in [6.07, 6.45) is 6.57. The van der Waals surface area contributed by atoms with Gasteiger partial charge in [0.15, 0.2) is 0 Å². The van der Waals surface area contributed by atoms with Gasteiger partial charge in [-0.25, -0.2) is 4.68 Å². The molecule has 0 saturated carbocycles. The lowest BCUT2D eigenvalue weighted by Crippen LogP contribution is -2.34. The zero-order valence-corrected chi connectivity index (χ0v) is 13.5. The van der Waals surface area contributed by atoms with E-state index >= 15 is 0 Å². The second-order valence-corrected chi connectivity index (χ2v) is 6.41. The minimum Gasteiger partial charge on any atom is -0.472 e. The molecule has 1 fully saturated rings. The Balaban J connectivity index is 1.61. The Morgan fingerprint density at radius 1 is 1.52 bits per heavy atom. The van der Waals surface area contributed by atoms with E-state index in [1.807, 2.05) is 19.9 Å². The molecule has 0 unspecified atom stereocenters. The number of hydrogen-bond acceptors (Lipinski definition) is 5. The van der Waals surface area contributed by atoms with Gasteiger partial charge < -0.3 is 14.4 Å². The number of furan rings is 1. The summed E-state index contributed by atoms with van der Waals surface area (Å²) in [7, 11) is 0. The van der Waals surface area contributed by atoms with Gasteiger partial charge in [-0.3, -0.25) is 4.79 Å². The van der Waals surface area contributed by atoms with Gasteiger partial charge in [0.05, 0.1) is 25.3 Å². The summed E-state index contributed by atoms with van der Waals surface area (Å²) in [5.41, 5.74) is 0.447. The minimum absolute atomic E-state index is 0.0402. The van der Waals surface area contributed by atoms with E-state index in [-0.39, 0.29) is 18.5 Å². The van der Waals surface area contributed by atoms with Gasteiger partial charge in [0, 0.05) is 25.4 Å². The summed E-state index contributed by atoms with van der Waals surface area (Å²) in [4.78, 5) is 14.0. The number of rotatable bonds is 5. The van der Waals surface area contributed by atoms with Crippen LogP contribution in [-0.4, -0.2) is 44.0 Å². The van der Waals surface area contributed by atoms with E-state index in [0.717, 1.165) is 5.56 Å². The first-order valence-electron chi connectivity index (χ1n) is 7.91. The van der Waals surface area contributed by atoms with Crippen LogP contribution in [0.25, 0.3) is 0 Å². The van der Waals surface area contributed by atoms with E-state index in [4.69, 9.17) is 4.42 Å². The maximum absolute atomic E-state index is 12.3. The topological polar surface area (TPSA) is 84.4 Å². The molecule has 1 saturated heterocycles. The van der Waals surface area contributed by atoms with Gasteiger partial charge in [0.25, 0.3) is 0 Å². The lowest BCUT2D eigenvalue weighted by molar-refractivity contribution is -0.131. The number of aromatic nitrogens is 3. The van der Waals surface area contributed by atoms with E-state index in [0.29, 0.717) is 31.5 Å². The number of hydrogen-bond donors (Lipinski definition) is 1. The Morgan fingerprint density at radius 3 is 3.00 bits per heavy atom. The van der Waals surface area contributed by atoms with Crippen LogP contribution in [0.4, 0.5) is 0 Å². The Bertz CT molecular complexity index is 665. The smallest absolute Gasteiger partial charge is 0.223 e. The molecule has 1 amide bonds. The molecule has 0 spiro atoms. The number of carbonyl (C=O) groups is 1. The summed E-state index contributed by atoms with van der Waals surface area (Å²) in [6, 6.07) is 2.05. The molecule has 0 aromatic carbocycles. The van der Waals surface area contributed by atoms with Crippen LogP contribution in [0.2, 0.25) is 0 Å². The molecule has 3 heterocycles. The van der Waals surface area contributed by atoms with Gasteiger partial charge in [0.2, 0.25) is 5.91 Å². The Hall–Kier alpha value is -2.15. The molecule has 7 heteroatoms. The zero-order valence-electron chi connectivity index (χ0n) is 13.5. The third-order valence-electron chi connectivity index (χ3n) is 4.32. The van der Waals surface area contributed by atoms with Crippen molar-refractivity contribution in [3.8, 4) is 0 Å². The molecule has 2 aromatic rings. The molecule has 1 aliphatic rings. The molecule has 7 nitrogen and oxygen atoms in total. The highest BCUT2D eigenvalue weighted by Gasteiger charge is 2.41. The number of aliphatic hydroxyl groups is 1. The lowest BCUT2D eigenvalue weighted by Gasteiger charge is -2.21. The highest BCUT2D eigenvalue weighted by atomic mass is 16.3. The predicted molar refractivity (Wildman–Crippen MR) is 82.5 cm³/mol. The number of nitrogens with zero attached hydrogens (tertiary/aromatic N) is 4. The van der Waals surface area contributed by atoms with Crippen molar-refractivity contribution in [3.05, 3.63) is 36.0 Å². The Labute approximate surface area is 134 Å². The molecular weight excluding hydrogens is 296 g/mol. The van der Waals surface area contributed by atoms with Gasteiger partial charge in [-0.2, -0.15) is 0 Å². The van der Waals surface area contributed by atoms with Crippen molar-refractivity contribution in [2.75, 3.05) is 13.1 Å². The van der Waals surface area contributed by atoms with Gasteiger partial charge in [-0.05, 0) is 31.9 Å². The highest BCUT2D eigenvalue weighted by molar-refractivity contribution is 5.77. The quantitative estimate of drug-likeness (QED) is 0.903. The average Bonchev–Trinajstić information content (AvgIpc) is 3.25. The number of carbonyl (C=O) groups excluding carboxylic acids is 1. The Kier molecular flexibility index (Phi) is 4.21. The maximum atomic E-state index is 12.3. The lowest BCUT2D eigenvalue weighted by atomic mass is 10.00. The van der Waals surface area contributed by atoms with Crippen LogP contribution in [0.5, 0.6) is 0 Å². The molecule has 3 rings (SSSR count). The third kappa shape index (κ3) is 3.29. The van der Waals surface area contributed by atoms with Crippen LogP contribution < -0.4 is 0 Å². The molecule has 2 aromatic heterocycles. The summed E-state index contributed by atoms with van der Waals surface area (Å²) in [5, 5.41) is 18.9. The fraction of sp³-hybridized carbons (Fsp3) is 0.562. The summed E-state index contributed by atoms with van der Waals surface area (Å²) >= 11 is 0. The first kappa shape index (κ1) is 15.7. The summed E-state index contributed by atoms with van der Waals surface area (Å²) < 4.78 is 6.72. The Morgan fingerprint density at radius 2 is 2.35 bits per heavy atom. The SMILES string of the molecule is CC(C)n1cc([C@]2(O)CCN(C(=O)CCc3ccoc3)C2)nn1. The summed E-state index contributed by atoms with van der Waals surface area (Å²) in [6.45, 7) is 4.81. The molecular formula is C16H22N4O3. The van der Waals surface area contributed by atoms with Crippen molar-refractivity contribution in [1.82, 2.24) is 19.9 Å². The van der Waals surface area contributed by atoms with Crippen LogP contribution in [0.1, 0.15) is 44.0 Å². The van der Waals surface area contributed by atoms with Crippen LogP contribution >= 0.6 is 0 Å². The fourth-order valence-corrected chi connectivity index (χ4v) is 2.80. The van der Waals surface area contributed by atoms with Gasteiger partial charge in [-0.1, -0.05) is 5.21 Å². The molecule has 124 valence electrons. The van der Waals surface area contributed by atoms with Gasteiger partial charge in [-0.15, -0.1) is 5.10 Å². The van der Waals surface area contributed by atoms with Crippen LogP contribution in [-0.2, 0) is 16.8 Å². The van der Waals surface area contributed by atoms with Crippen LogP contribution in [0.3, 0.4) is 0 Å². The molecule has 23 heavy (non-hydrogen) atoms. The number of aryl methyl sites for hydroxylation is 1. The number of amides is 1. The first-order valence-corrected chi connectivity index (χ1v) is 7.91. The van der Waals surface area contributed by atoms with E-state index in [9.17, 15) is 9.90 Å². The van der Waals surface area contributed by atoms with Crippen molar-refractivity contribution in [2.24, 2.45) is 0 Å². The maximum Gasteiger partial charge on any atom is 0.223 e. The minimum atomic E-state index is -1.10. The monoisotopic (exact) mass is 318 g/mol. The van der Waals surface area contributed by atoms with E-state index in [2.05, 4.69) is 10.3 Å². The predicted octanol–water partition coefficient (Wildman–Crippen LogP) is 1.50. The number of likely N-dealkylation sites (tertiary alicyclic amines) is 1. The molecule has 0 bridgehead atoms. The van der Waals surface area contributed by atoms with E-state index < -0.39 is 5.60 Å². The van der Waals surface area contributed by atoms with Crippen molar-refractivity contribution in [1.29, 1.82) is 0 Å². The van der Waals surface area contributed by atoms with Crippen molar-refractivity contribution in [2.45, 2.75) is 44.8 Å². The van der Waals surface area contributed by atoms with Crippen LogP contribution in [0.15, 0.2) is 29.2 Å². The third-order valence-corrected chi connectivity index (χ3v) is 4.32. The first-order chi connectivity index (χ1) is 11.0. The summed E-state index contributed by atoms with van der Waals surface area (Å²) in [5.74, 6) is 0.0402. The second-order valence-electron chi connectivity index (χ2n) is 6.41. The van der Waals surface area contributed by atoms with Crippen molar-refractivity contribution >= 4 is 5.91 Å². The van der Waals surface area contributed by atoms with Crippen molar-refractivity contribution < 1.29 is 14.3 Å². The van der Waals surface area contributed by atoms with Gasteiger partial charge in [0.1, 0.15) is 11.3 Å². The fourth-order valence-electron chi connectivity index (χ4n) is 2.80. The second kappa shape index (κ2) is 6.16.